The molecule has 2 atom stereocenters. The van der Waals surface area contributed by atoms with Gasteiger partial charge in [0, 0.05) is 24.4 Å². The van der Waals surface area contributed by atoms with E-state index in [0.717, 1.165) is 29.1 Å². The molecule has 1 aromatic heterocycles. The van der Waals surface area contributed by atoms with Crippen LogP contribution in [0.5, 0.6) is 0 Å². The number of hydrogen-bond acceptors (Lipinski definition) is 4. The molecule has 1 amide bonds. The van der Waals surface area contributed by atoms with Crippen LogP contribution >= 0.6 is 36.2 Å². The first-order valence-corrected chi connectivity index (χ1v) is 8.51. The molecule has 7 heteroatoms. The SMILES string of the molecule is CCc1nc(CCNC(=O)C(C)C(N)c2ccccc2)cs1.Cl.Cl. The number of nitrogens with two attached hydrogens (primary N) is 1. The van der Waals surface area contributed by atoms with Crippen LogP contribution in [-0.2, 0) is 17.6 Å². The maximum atomic E-state index is 12.2. The van der Waals surface area contributed by atoms with Gasteiger partial charge >= 0.3 is 0 Å². The summed E-state index contributed by atoms with van der Waals surface area (Å²) in [5, 5.41) is 6.15. The Hall–Kier alpha value is -1.14. The highest BCUT2D eigenvalue weighted by atomic mass is 35.5. The summed E-state index contributed by atoms with van der Waals surface area (Å²) < 4.78 is 0. The molecule has 2 rings (SSSR count). The Labute approximate surface area is 160 Å². The van der Waals surface area contributed by atoms with Crippen LogP contribution in [0.2, 0.25) is 0 Å². The molecule has 134 valence electrons. The van der Waals surface area contributed by atoms with Gasteiger partial charge in [-0.15, -0.1) is 36.2 Å². The quantitative estimate of drug-likeness (QED) is 0.760. The lowest BCUT2D eigenvalue weighted by Crippen LogP contribution is -2.36. The molecule has 0 aliphatic carbocycles. The molecule has 3 N–H and O–H groups in total. The van der Waals surface area contributed by atoms with Gasteiger partial charge in [-0.05, 0) is 12.0 Å². The molecule has 0 saturated heterocycles. The van der Waals surface area contributed by atoms with Gasteiger partial charge in [-0.1, -0.05) is 44.2 Å². The molecule has 24 heavy (non-hydrogen) atoms. The van der Waals surface area contributed by atoms with E-state index in [9.17, 15) is 4.79 Å². The van der Waals surface area contributed by atoms with E-state index in [1.165, 1.54) is 0 Å². The highest BCUT2D eigenvalue weighted by Crippen LogP contribution is 2.19. The average molecular weight is 390 g/mol. The van der Waals surface area contributed by atoms with Crippen molar-refractivity contribution < 1.29 is 4.79 Å². The summed E-state index contributed by atoms with van der Waals surface area (Å²) in [5.41, 5.74) is 8.20. The Bertz CT molecular complexity index is 607. The third kappa shape index (κ3) is 6.40. The number of aryl methyl sites for hydroxylation is 1. The number of thiazole rings is 1. The second-order valence-electron chi connectivity index (χ2n) is 5.35. The van der Waals surface area contributed by atoms with Crippen molar-refractivity contribution in [1.29, 1.82) is 0 Å². The van der Waals surface area contributed by atoms with Gasteiger partial charge in [-0.2, -0.15) is 0 Å². The van der Waals surface area contributed by atoms with Crippen LogP contribution in [-0.4, -0.2) is 17.4 Å². The molecule has 0 saturated carbocycles. The molecule has 4 nitrogen and oxygen atoms in total. The molecule has 2 aromatic rings. The second-order valence-corrected chi connectivity index (χ2v) is 6.29. The van der Waals surface area contributed by atoms with E-state index in [0.29, 0.717) is 6.54 Å². The Morgan fingerprint density at radius 2 is 1.96 bits per heavy atom. The van der Waals surface area contributed by atoms with Crippen molar-refractivity contribution >= 4 is 42.1 Å². The minimum absolute atomic E-state index is 0. The van der Waals surface area contributed by atoms with Gasteiger partial charge in [-0.3, -0.25) is 4.79 Å². The van der Waals surface area contributed by atoms with E-state index in [2.05, 4.69) is 22.6 Å². The Morgan fingerprint density at radius 3 is 2.54 bits per heavy atom. The van der Waals surface area contributed by atoms with Crippen LogP contribution in [0.1, 0.15) is 36.2 Å². The summed E-state index contributed by atoms with van der Waals surface area (Å²) >= 11 is 1.67. The normalized spacial score (nSPS) is 12.5. The van der Waals surface area contributed by atoms with Crippen molar-refractivity contribution in [3.8, 4) is 0 Å². The fourth-order valence-electron chi connectivity index (χ4n) is 2.23. The minimum atomic E-state index is -0.285. The molecule has 0 bridgehead atoms. The average Bonchev–Trinajstić information content (AvgIpc) is 3.02. The van der Waals surface area contributed by atoms with Crippen LogP contribution in [0.25, 0.3) is 0 Å². The maximum Gasteiger partial charge on any atom is 0.224 e. The summed E-state index contributed by atoms with van der Waals surface area (Å²) in [6.45, 7) is 4.56. The van der Waals surface area contributed by atoms with Crippen molar-refractivity contribution in [1.82, 2.24) is 10.3 Å². The maximum absolute atomic E-state index is 12.2. The summed E-state index contributed by atoms with van der Waals surface area (Å²) in [6, 6.07) is 9.44. The van der Waals surface area contributed by atoms with Crippen molar-refractivity contribution in [3.05, 3.63) is 52.0 Å². The number of benzene rings is 1. The van der Waals surface area contributed by atoms with Crippen LogP contribution in [0, 0.1) is 5.92 Å². The van der Waals surface area contributed by atoms with E-state index in [1.54, 1.807) is 11.3 Å². The van der Waals surface area contributed by atoms with E-state index in [1.807, 2.05) is 37.3 Å². The lowest BCUT2D eigenvalue weighted by Gasteiger charge is -2.19. The Morgan fingerprint density at radius 1 is 1.29 bits per heavy atom. The first kappa shape index (κ1) is 22.9. The van der Waals surface area contributed by atoms with E-state index in [-0.39, 0.29) is 42.7 Å². The van der Waals surface area contributed by atoms with Crippen LogP contribution < -0.4 is 11.1 Å². The first-order valence-electron chi connectivity index (χ1n) is 7.63. The molecule has 0 spiro atoms. The molecule has 0 aliphatic heterocycles. The van der Waals surface area contributed by atoms with E-state index >= 15 is 0 Å². The summed E-state index contributed by atoms with van der Waals surface area (Å²) in [6.07, 6.45) is 1.72. The van der Waals surface area contributed by atoms with E-state index in [4.69, 9.17) is 5.73 Å². The van der Waals surface area contributed by atoms with Crippen LogP contribution in [0.3, 0.4) is 0 Å². The number of aromatic nitrogens is 1. The van der Waals surface area contributed by atoms with Gasteiger partial charge in [0.1, 0.15) is 0 Å². The first-order chi connectivity index (χ1) is 10.6. The molecule has 1 heterocycles. The molecular weight excluding hydrogens is 365 g/mol. The lowest BCUT2D eigenvalue weighted by molar-refractivity contribution is -0.125. The van der Waals surface area contributed by atoms with Gasteiger partial charge in [0.15, 0.2) is 0 Å². The van der Waals surface area contributed by atoms with Gasteiger partial charge in [-0.25, -0.2) is 4.98 Å². The fraction of sp³-hybridized carbons (Fsp3) is 0.412. The number of hydrogen-bond donors (Lipinski definition) is 2. The van der Waals surface area contributed by atoms with Crippen molar-refractivity contribution in [2.45, 2.75) is 32.7 Å². The highest BCUT2D eigenvalue weighted by molar-refractivity contribution is 7.09. The number of amides is 1. The lowest BCUT2D eigenvalue weighted by atomic mass is 9.94. The van der Waals surface area contributed by atoms with Gasteiger partial charge in [0.25, 0.3) is 0 Å². The Balaban J connectivity index is 0.00000264. The summed E-state index contributed by atoms with van der Waals surface area (Å²) in [4.78, 5) is 16.7. The predicted octanol–water partition coefficient (Wildman–Crippen LogP) is 3.54. The molecule has 2 unspecified atom stereocenters. The molecule has 0 fully saturated rings. The number of nitrogens with one attached hydrogen (secondary N) is 1. The third-order valence-electron chi connectivity index (χ3n) is 3.72. The molecular formula is C17H25Cl2N3OS. The molecule has 0 radical (unpaired) electrons. The monoisotopic (exact) mass is 389 g/mol. The number of halogens is 2. The smallest absolute Gasteiger partial charge is 0.224 e. The summed E-state index contributed by atoms with van der Waals surface area (Å²) in [7, 11) is 0. The predicted molar refractivity (Wildman–Crippen MR) is 105 cm³/mol. The second kappa shape index (κ2) is 11.4. The number of carbonyl (C=O) groups excluding carboxylic acids is 1. The Kier molecular flexibility index (Phi) is 10.9. The van der Waals surface area contributed by atoms with E-state index < -0.39 is 0 Å². The third-order valence-corrected chi connectivity index (χ3v) is 4.76. The number of nitrogens with zero attached hydrogens (tertiary/aromatic N) is 1. The van der Waals surface area contributed by atoms with Crippen molar-refractivity contribution in [2.75, 3.05) is 6.54 Å². The van der Waals surface area contributed by atoms with Gasteiger partial charge < -0.3 is 11.1 Å². The summed E-state index contributed by atoms with van der Waals surface area (Å²) in [5.74, 6) is -0.272. The van der Waals surface area contributed by atoms with Gasteiger partial charge in [0.2, 0.25) is 5.91 Å². The number of rotatable bonds is 7. The number of carbonyl (C=O) groups is 1. The van der Waals surface area contributed by atoms with Crippen molar-refractivity contribution in [3.63, 3.8) is 0 Å². The topological polar surface area (TPSA) is 68.0 Å². The fourth-order valence-corrected chi connectivity index (χ4v) is 3.01. The van der Waals surface area contributed by atoms with Gasteiger partial charge in [0.05, 0.1) is 16.6 Å². The van der Waals surface area contributed by atoms with Crippen LogP contribution in [0.4, 0.5) is 0 Å². The minimum Gasteiger partial charge on any atom is -0.355 e. The standard InChI is InChI=1S/C17H23N3OS.2ClH/c1-3-15-20-14(11-22-15)9-10-19-17(21)12(2)16(18)13-7-5-4-6-8-13;;/h4-8,11-12,16H,3,9-10,18H2,1-2H3,(H,19,21);2*1H. The molecule has 1 aromatic carbocycles. The van der Waals surface area contributed by atoms with Crippen LogP contribution in [0.15, 0.2) is 35.7 Å². The molecule has 0 aliphatic rings. The van der Waals surface area contributed by atoms with Crippen molar-refractivity contribution in [2.24, 2.45) is 11.7 Å². The zero-order chi connectivity index (χ0) is 15.9. The largest absolute Gasteiger partial charge is 0.355 e. The zero-order valence-corrected chi connectivity index (χ0v) is 16.3. The zero-order valence-electron chi connectivity index (χ0n) is 13.9. The highest BCUT2D eigenvalue weighted by Gasteiger charge is 2.21.